The quantitative estimate of drug-likeness (QED) is 0.0935. The number of carbonyl (C=O) groups is 5. The highest BCUT2D eigenvalue weighted by molar-refractivity contribution is 6.00. The summed E-state index contributed by atoms with van der Waals surface area (Å²) in [6, 6.07) is 25.1. The van der Waals surface area contributed by atoms with Crippen molar-refractivity contribution in [1.82, 2.24) is 31.2 Å². The van der Waals surface area contributed by atoms with Crippen molar-refractivity contribution in [1.29, 1.82) is 0 Å². The smallest absolute Gasteiger partial charge is 0.268 e. The summed E-state index contributed by atoms with van der Waals surface area (Å²) in [7, 11) is 1.69. The molecule has 4 aromatic rings. The number of nitrogens with one attached hydrogen (secondary N) is 5. The highest BCUT2D eigenvalue weighted by Gasteiger charge is 2.29. The summed E-state index contributed by atoms with van der Waals surface area (Å²) < 4.78 is 0. The third-order valence-corrected chi connectivity index (χ3v) is 8.27. The monoisotopic (exact) mass is 682 g/mol. The lowest BCUT2D eigenvalue weighted by molar-refractivity contribution is -0.136. The Labute approximate surface area is 292 Å². The van der Waals surface area contributed by atoms with E-state index in [4.69, 9.17) is 0 Å². The number of rotatable bonds is 17. The molecule has 0 bridgehead atoms. The van der Waals surface area contributed by atoms with Gasteiger partial charge in [0.1, 0.15) is 23.8 Å². The Morgan fingerprint density at radius 2 is 1.42 bits per heavy atom. The molecule has 0 saturated heterocycles. The number of benzene rings is 3. The standard InChI is InChI=1S/C38H46N6O6/c1-25(45)34(40-26(2)46)37(49)39-21-13-12-20-31(42-36(48)32-23-29-18-10-11-19-30(29)41-32)35(47)43-33(22-27-14-6-4-7-15-27)38(50)44(3)24-28-16-8-5-9-17-28/h4-11,14-19,23,25,31,33-34,41,45H,12-13,20-22,24H2,1-3H3,(H,39,49)(H,40,46)(H,42,48)(H,43,47)/t25-,31?,33-,34?/m1/s1. The van der Waals surface area contributed by atoms with Crippen LogP contribution in [0.15, 0.2) is 91.0 Å². The van der Waals surface area contributed by atoms with Crippen molar-refractivity contribution in [2.24, 2.45) is 0 Å². The van der Waals surface area contributed by atoms with Gasteiger partial charge in [0.2, 0.25) is 23.6 Å². The molecule has 12 nitrogen and oxygen atoms in total. The van der Waals surface area contributed by atoms with Gasteiger partial charge in [0, 0.05) is 44.4 Å². The van der Waals surface area contributed by atoms with Gasteiger partial charge >= 0.3 is 0 Å². The highest BCUT2D eigenvalue weighted by atomic mass is 16.3. The number of nitrogens with zero attached hydrogens (tertiary/aromatic N) is 1. The van der Waals surface area contributed by atoms with E-state index in [1.165, 1.54) is 13.8 Å². The van der Waals surface area contributed by atoms with Gasteiger partial charge < -0.3 is 36.3 Å². The molecule has 1 aromatic heterocycles. The number of amides is 5. The van der Waals surface area contributed by atoms with Crippen LogP contribution >= 0.6 is 0 Å². The fourth-order valence-electron chi connectivity index (χ4n) is 5.64. The maximum absolute atomic E-state index is 14.0. The first-order chi connectivity index (χ1) is 24.0. The van der Waals surface area contributed by atoms with Crippen LogP contribution in [0, 0.1) is 0 Å². The molecule has 4 rings (SSSR count). The molecule has 1 heterocycles. The van der Waals surface area contributed by atoms with Gasteiger partial charge in [-0.05, 0) is 49.4 Å². The molecule has 0 aliphatic rings. The van der Waals surface area contributed by atoms with Crippen LogP contribution < -0.4 is 21.3 Å². The number of carbonyl (C=O) groups excluding carboxylic acids is 5. The number of fused-ring (bicyclic) bond motifs is 1. The van der Waals surface area contributed by atoms with Crippen LogP contribution in [0.4, 0.5) is 0 Å². The van der Waals surface area contributed by atoms with Crippen LogP contribution in [-0.2, 0) is 32.1 Å². The van der Waals surface area contributed by atoms with Gasteiger partial charge in [-0.1, -0.05) is 78.9 Å². The number of aromatic amines is 1. The van der Waals surface area contributed by atoms with Crippen LogP contribution in [0.2, 0.25) is 0 Å². The van der Waals surface area contributed by atoms with Gasteiger partial charge in [0.25, 0.3) is 5.91 Å². The number of aromatic nitrogens is 1. The van der Waals surface area contributed by atoms with Crippen molar-refractivity contribution in [2.75, 3.05) is 13.6 Å². The molecule has 4 atom stereocenters. The van der Waals surface area contributed by atoms with E-state index in [2.05, 4.69) is 26.3 Å². The number of para-hydroxylation sites is 1. The minimum absolute atomic E-state index is 0.214. The second kappa shape index (κ2) is 18.3. The van der Waals surface area contributed by atoms with E-state index >= 15 is 0 Å². The second-order valence-electron chi connectivity index (χ2n) is 12.4. The minimum Gasteiger partial charge on any atom is -0.391 e. The van der Waals surface area contributed by atoms with Crippen LogP contribution in [0.1, 0.15) is 54.7 Å². The van der Waals surface area contributed by atoms with Crippen LogP contribution in [0.3, 0.4) is 0 Å². The van der Waals surface area contributed by atoms with Gasteiger partial charge in [-0.3, -0.25) is 24.0 Å². The average molecular weight is 683 g/mol. The van der Waals surface area contributed by atoms with Crippen LogP contribution in [0.5, 0.6) is 0 Å². The van der Waals surface area contributed by atoms with Crippen molar-refractivity contribution in [3.8, 4) is 0 Å². The Bertz CT molecular complexity index is 1710. The number of H-pyrrole nitrogens is 1. The van der Waals surface area contributed by atoms with E-state index in [-0.39, 0.29) is 31.0 Å². The first-order valence-corrected chi connectivity index (χ1v) is 16.8. The Hall–Kier alpha value is -5.49. The molecule has 0 fully saturated rings. The summed E-state index contributed by atoms with van der Waals surface area (Å²) in [6.07, 6.45) is 0.237. The minimum atomic E-state index is -1.10. The van der Waals surface area contributed by atoms with E-state index < -0.39 is 47.9 Å². The summed E-state index contributed by atoms with van der Waals surface area (Å²) in [5.41, 5.74) is 2.88. The molecule has 0 spiro atoms. The summed E-state index contributed by atoms with van der Waals surface area (Å²) in [5.74, 6) is -2.24. The average Bonchev–Trinajstić information content (AvgIpc) is 3.54. The predicted octanol–water partition coefficient (Wildman–Crippen LogP) is 2.82. The molecular weight excluding hydrogens is 636 g/mol. The number of hydrogen-bond acceptors (Lipinski definition) is 6. The molecule has 3 aromatic carbocycles. The van der Waals surface area contributed by atoms with Gasteiger partial charge in [-0.25, -0.2) is 0 Å². The van der Waals surface area contributed by atoms with Gasteiger partial charge in [-0.15, -0.1) is 0 Å². The number of unbranched alkanes of at least 4 members (excludes halogenated alkanes) is 1. The summed E-state index contributed by atoms with van der Waals surface area (Å²) in [4.78, 5) is 69.9. The first kappa shape index (κ1) is 37.3. The summed E-state index contributed by atoms with van der Waals surface area (Å²) >= 11 is 0. The van der Waals surface area contributed by atoms with Crippen LogP contribution in [0.25, 0.3) is 10.9 Å². The molecule has 264 valence electrons. The number of aliphatic hydroxyl groups excluding tert-OH is 1. The molecule has 0 saturated carbocycles. The zero-order valence-electron chi connectivity index (χ0n) is 28.6. The molecule has 0 radical (unpaired) electrons. The van der Waals surface area contributed by atoms with Crippen molar-refractivity contribution in [2.45, 2.75) is 70.3 Å². The van der Waals surface area contributed by atoms with Gasteiger partial charge in [-0.2, -0.15) is 0 Å². The Kier molecular flexibility index (Phi) is 13.7. The number of hydrogen-bond donors (Lipinski definition) is 6. The zero-order valence-corrected chi connectivity index (χ0v) is 28.6. The molecule has 6 N–H and O–H groups in total. The van der Waals surface area contributed by atoms with Crippen molar-refractivity contribution < 1.29 is 29.1 Å². The number of aliphatic hydroxyl groups is 1. The van der Waals surface area contributed by atoms with E-state index in [0.717, 1.165) is 22.0 Å². The third-order valence-electron chi connectivity index (χ3n) is 8.27. The molecule has 0 aliphatic heterocycles. The number of likely N-dealkylation sites (N-methyl/N-ethyl adjacent to an activating group) is 1. The van der Waals surface area contributed by atoms with E-state index in [9.17, 15) is 29.1 Å². The second-order valence-corrected chi connectivity index (χ2v) is 12.4. The molecule has 12 heteroatoms. The summed E-state index contributed by atoms with van der Waals surface area (Å²) in [5, 5.41) is 21.7. The topological polar surface area (TPSA) is 173 Å². The van der Waals surface area contributed by atoms with Gasteiger partial charge in [0.15, 0.2) is 0 Å². The Morgan fingerprint density at radius 1 is 0.780 bits per heavy atom. The first-order valence-electron chi connectivity index (χ1n) is 16.8. The summed E-state index contributed by atoms with van der Waals surface area (Å²) in [6.45, 7) is 3.24. The maximum Gasteiger partial charge on any atom is 0.268 e. The third kappa shape index (κ3) is 11.0. The molecule has 5 amide bonds. The van der Waals surface area contributed by atoms with E-state index in [0.29, 0.717) is 19.4 Å². The van der Waals surface area contributed by atoms with Gasteiger partial charge in [0.05, 0.1) is 6.10 Å². The largest absolute Gasteiger partial charge is 0.391 e. The lowest BCUT2D eigenvalue weighted by Crippen LogP contribution is -2.54. The normalized spacial score (nSPS) is 13.4. The molecule has 2 unspecified atom stereocenters. The molecule has 50 heavy (non-hydrogen) atoms. The zero-order chi connectivity index (χ0) is 36.0. The van der Waals surface area contributed by atoms with E-state index in [1.54, 1.807) is 18.0 Å². The van der Waals surface area contributed by atoms with E-state index in [1.807, 2.05) is 84.9 Å². The Balaban J connectivity index is 1.48. The Morgan fingerprint density at radius 3 is 2.06 bits per heavy atom. The fourth-order valence-corrected chi connectivity index (χ4v) is 5.64. The highest BCUT2D eigenvalue weighted by Crippen LogP contribution is 2.16. The SMILES string of the molecule is CC(=O)NC(C(=O)NCCCCC(NC(=O)c1cc2ccccc2[nH]1)C(=O)N[C@H](Cc1ccccc1)C(=O)N(C)Cc1ccccc1)[C@@H](C)O. The van der Waals surface area contributed by atoms with Crippen molar-refractivity contribution in [3.63, 3.8) is 0 Å². The lowest BCUT2D eigenvalue weighted by atomic mass is 10.0. The molecular formula is C38H46N6O6. The fraction of sp³-hybridized carbons (Fsp3) is 0.342. The van der Waals surface area contributed by atoms with Crippen molar-refractivity contribution in [3.05, 3.63) is 108 Å². The van der Waals surface area contributed by atoms with Crippen LogP contribution in [-0.4, -0.2) is 82.3 Å². The maximum atomic E-state index is 14.0. The predicted molar refractivity (Wildman–Crippen MR) is 191 cm³/mol. The molecule has 0 aliphatic carbocycles. The van der Waals surface area contributed by atoms with Crippen molar-refractivity contribution >= 4 is 40.4 Å². The lowest BCUT2D eigenvalue weighted by Gasteiger charge is -2.27.